The lowest BCUT2D eigenvalue weighted by Crippen LogP contribution is -2.50. The molecule has 5 heteroatoms. The summed E-state index contributed by atoms with van der Waals surface area (Å²) in [6, 6.07) is 5.58. The highest BCUT2D eigenvalue weighted by Gasteiger charge is 2.23. The average molecular weight is 331 g/mol. The SMILES string of the molecule is Cc1cc(C(=O)NC2CNCCC2C)ccc1NC(=O)CC(C)C. The summed E-state index contributed by atoms with van der Waals surface area (Å²) in [5.41, 5.74) is 2.30. The van der Waals surface area contributed by atoms with Gasteiger partial charge in [0.1, 0.15) is 0 Å². The van der Waals surface area contributed by atoms with E-state index in [0.717, 1.165) is 30.8 Å². The summed E-state index contributed by atoms with van der Waals surface area (Å²) >= 11 is 0. The second kappa shape index (κ2) is 8.29. The van der Waals surface area contributed by atoms with Crippen LogP contribution in [0.4, 0.5) is 5.69 Å². The highest BCUT2D eigenvalue weighted by Crippen LogP contribution is 2.18. The van der Waals surface area contributed by atoms with Crippen LogP contribution in [0.3, 0.4) is 0 Å². The van der Waals surface area contributed by atoms with Gasteiger partial charge in [0.25, 0.3) is 5.91 Å². The first kappa shape index (κ1) is 18.5. The van der Waals surface area contributed by atoms with Crippen LogP contribution in [-0.2, 0) is 4.79 Å². The van der Waals surface area contributed by atoms with Crippen LogP contribution in [-0.4, -0.2) is 30.9 Å². The van der Waals surface area contributed by atoms with Crippen LogP contribution >= 0.6 is 0 Å². The average Bonchev–Trinajstić information content (AvgIpc) is 2.50. The summed E-state index contributed by atoms with van der Waals surface area (Å²) in [6.07, 6.45) is 1.57. The van der Waals surface area contributed by atoms with E-state index in [1.54, 1.807) is 6.07 Å². The van der Waals surface area contributed by atoms with Crippen molar-refractivity contribution in [3.05, 3.63) is 29.3 Å². The van der Waals surface area contributed by atoms with Crippen molar-refractivity contribution in [1.29, 1.82) is 0 Å². The number of benzene rings is 1. The summed E-state index contributed by atoms with van der Waals surface area (Å²) in [5, 5.41) is 9.34. The third-order valence-corrected chi connectivity index (χ3v) is 4.50. The fourth-order valence-corrected chi connectivity index (χ4v) is 2.95. The molecule has 0 radical (unpaired) electrons. The Labute approximate surface area is 144 Å². The van der Waals surface area contributed by atoms with Gasteiger partial charge >= 0.3 is 0 Å². The Morgan fingerprint density at radius 1 is 1.33 bits per heavy atom. The quantitative estimate of drug-likeness (QED) is 0.777. The van der Waals surface area contributed by atoms with E-state index in [-0.39, 0.29) is 17.9 Å². The van der Waals surface area contributed by atoms with Crippen LogP contribution in [0.1, 0.15) is 49.5 Å². The highest BCUT2D eigenvalue weighted by molar-refractivity contribution is 5.96. The number of amides is 2. The zero-order chi connectivity index (χ0) is 17.7. The molecule has 0 aliphatic carbocycles. The van der Waals surface area contributed by atoms with Gasteiger partial charge in [0.15, 0.2) is 0 Å². The van der Waals surface area contributed by atoms with E-state index in [1.165, 1.54) is 0 Å². The second-order valence-electron chi connectivity index (χ2n) is 7.23. The number of hydrogen-bond acceptors (Lipinski definition) is 3. The van der Waals surface area contributed by atoms with Crippen molar-refractivity contribution in [2.45, 2.75) is 46.6 Å². The van der Waals surface area contributed by atoms with Crippen LogP contribution < -0.4 is 16.0 Å². The second-order valence-corrected chi connectivity index (χ2v) is 7.23. The van der Waals surface area contributed by atoms with Crippen molar-refractivity contribution >= 4 is 17.5 Å². The summed E-state index contributed by atoms with van der Waals surface area (Å²) < 4.78 is 0. The fourth-order valence-electron chi connectivity index (χ4n) is 2.95. The standard InChI is InChI=1S/C19H29N3O2/c1-12(2)9-18(23)21-16-6-5-15(10-14(16)4)19(24)22-17-11-20-8-7-13(17)3/h5-6,10,12-13,17,20H,7-9,11H2,1-4H3,(H,21,23)(H,22,24). The maximum absolute atomic E-state index is 12.5. The highest BCUT2D eigenvalue weighted by atomic mass is 16.2. The van der Waals surface area contributed by atoms with Gasteiger partial charge in [-0.3, -0.25) is 9.59 Å². The molecule has 1 saturated heterocycles. The molecule has 0 aromatic heterocycles. The third kappa shape index (κ3) is 5.06. The predicted octanol–water partition coefficient (Wildman–Crippen LogP) is 2.71. The van der Waals surface area contributed by atoms with E-state index in [9.17, 15) is 9.59 Å². The van der Waals surface area contributed by atoms with Gasteiger partial charge in [-0.2, -0.15) is 0 Å². The summed E-state index contributed by atoms with van der Waals surface area (Å²) in [5.74, 6) is 0.749. The predicted molar refractivity (Wildman–Crippen MR) is 97.2 cm³/mol. The van der Waals surface area contributed by atoms with Gasteiger partial charge in [-0.15, -0.1) is 0 Å². The first-order valence-corrected chi connectivity index (χ1v) is 8.79. The maximum atomic E-state index is 12.5. The largest absolute Gasteiger partial charge is 0.348 e. The minimum absolute atomic E-state index is 0.00686. The number of carbonyl (C=O) groups excluding carboxylic acids is 2. The Bertz CT molecular complexity index is 598. The molecule has 2 rings (SSSR count). The number of anilines is 1. The topological polar surface area (TPSA) is 70.2 Å². The Kier molecular flexibility index (Phi) is 6.37. The molecule has 2 unspecified atom stereocenters. The van der Waals surface area contributed by atoms with Gasteiger partial charge in [-0.05, 0) is 55.5 Å². The molecule has 1 aromatic carbocycles. The molecule has 3 N–H and O–H groups in total. The Morgan fingerprint density at radius 2 is 2.08 bits per heavy atom. The minimum Gasteiger partial charge on any atom is -0.348 e. The van der Waals surface area contributed by atoms with Gasteiger partial charge in [-0.1, -0.05) is 20.8 Å². The zero-order valence-corrected chi connectivity index (χ0v) is 15.1. The minimum atomic E-state index is -0.0568. The molecule has 1 fully saturated rings. The molecular formula is C19H29N3O2. The number of carbonyl (C=O) groups is 2. The van der Waals surface area contributed by atoms with Gasteiger partial charge in [0.2, 0.25) is 5.91 Å². The van der Waals surface area contributed by atoms with E-state index < -0.39 is 0 Å². The van der Waals surface area contributed by atoms with E-state index >= 15 is 0 Å². The molecule has 1 aromatic rings. The molecule has 24 heavy (non-hydrogen) atoms. The van der Waals surface area contributed by atoms with Crippen LogP contribution in [0, 0.1) is 18.8 Å². The lowest BCUT2D eigenvalue weighted by molar-refractivity contribution is -0.116. The summed E-state index contributed by atoms with van der Waals surface area (Å²) in [7, 11) is 0. The third-order valence-electron chi connectivity index (χ3n) is 4.50. The van der Waals surface area contributed by atoms with Crippen LogP contribution in [0.5, 0.6) is 0 Å². The number of piperidine rings is 1. The molecule has 132 valence electrons. The Hall–Kier alpha value is -1.88. The molecule has 2 atom stereocenters. The van der Waals surface area contributed by atoms with E-state index in [4.69, 9.17) is 0 Å². The lowest BCUT2D eigenvalue weighted by Gasteiger charge is -2.30. The smallest absolute Gasteiger partial charge is 0.251 e. The molecule has 0 spiro atoms. The molecule has 1 aliphatic heterocycles. The van der Waals surface area contributed by atoms with Crippen molar-refractivity contribution in [2.24, 2.45) is 11.8 Å². The maximum Gasteiger partial charge on any atom is 0.251 e. The van der Waals surface area contributed by atoms with Crippen LogP contribution in [0.2, 0.25) is 0 Å². The first-order valence-electron chi connectivity index (χ1n) is 8.79. The van der Waals surface area contributed by atoms with Gasteiger partial charge in [0.05, 0.1) is 0 Å². The summed E-state index contributed by atoms with van der Waals surface area (Å²) in [4.78, 5) is 24.4. The van der Waals surface area contributed by atoms with Crippen molar-refractivity contribution in [2.75, 3.05) is 18.4 Å². The number of aryl methyl sites for hydroxylation is 1. The van der Waals surface area contributed by atoms with Gasteiger partial charge < -0.3 is 16.0 Å². The molecular weight excluding hydrogens is 302 g/mol. The van der Waals surface area contributed by atoms with E-state index in [1.807, 2.05) is 32.9 Å². The van der Waals surface area contributed by atoms with Crippen LogP contribution in [0.15, 0.2) is 18.2 Å². The van der Waals surface area contributed by atoms with Crippen molar-refractivity contribution in [3.8, 4) is 0 Å². The monoisotopic (exact) mass is 331 g/mol. The fraction of sp³-hybridized carbons (Fsp3) is 0.579. The van der Waals surface area contributed by atoms with Gasteiger partial charge in [-0.25, -0.2) is 0 Å². The van der Waals surface area contributed by atoms with E-state index in [2.05, 4.69) is 22.9 Å². The van der Waals surface area contributed by atoms with Crippen molar-refractivity contribution < 1.29 is 9.59 Å². The zero-order valence-electron chi connectivity index (χ0n) is 15.1. The normalized spacial score (nSPS) is 20.7. The molecule has 0 saturated carbocycles. The summed E-state index contributed by atoms with van der Waals surface area (Å²) in [6.45, 7) is 9.94. The Morgan fingerprint density at radius 3 is 2.71 bits per heavy atom. The Balaban J connectivity index is 2.00. The number of hydrogen-bond donors (Lipinski definition) is 3. The lowest BCUT2D eigenvalue weighted by atomic mass is 9.94. The first-order chi connectivity index (χ1) is 11.4. The van der Waals surface area contributed by atoms with Gasteiger partial charge in [0, 0.05) is 30.3 Å². The van der Waals surface area contributed by atoms with E-state index in [0.29, 0.717) is 23.8 Å². The van der Waals surface area contributed by atoms with Crippen molar-refractivity contribution in [3.63, 3.8) is 0 Å². The van der Waals surface area contributed by atoms with Crippen LogP contribution in [0.25, 0.3) is 0 Å². The molecule has 0 bridgehead atoms. The molecule has 2 amide bonds. The number of nitrogens with one attached hydrogen (secondary N) is 3. The molecule has 1 aliphatic rings. The molecule has 1 heterocycles. The van der Waals surface area contributed by atoms with Crippen molar-refractivity contribution in [1.82, 2.24) is 10.6 Å². The molecule has 5 nitrogen and oxygen atoms in total. The number of rotatable bonds is 5.